The topological polar surface area (TPSA) is 46.5 Å². The van der Waals surface area contributed by atoms with Crippen LogP contribution in [-0.4, -0.2) is 75.8 Å². The lowest BCUT2D eigenvalue weighted by molar-refractivity contribution is 0.0339. The quantitative estimate of drug-likeness (QED) is 0.763. The first-order valence-corrected chi connectivity index (χ1v) is 8.19. The second kappa shape index (κ2) is 8.29. The fraction of sp³-hybridized carbons (Fsp3) is 0.588. The van der Waals surface area contributed by atoms with Gasteiger partial charge in [-0.1, -0.05) is 0 Å². The van der Waals surface area contributed by atoms with Crippen molar-refractivity contribution in [2.45, 2.75) is 6.54 Å². The minimum absolute atomic E-state index is 0.752. The molecular weight excluding hydrogens is 294 g/mol. The lowest BCUT2D eigenvalue weighted by atomic mass is 10.1. The van der Waals surface area contributed by atoms with E-state index in [0.717, 1.165) is 70.5 Å². The Morgan fingerprint density at radius 3 is 2.48 bits per heavy atom. The van der Waals surface area contributed by atoms with E-state index in [1.807, 2.05) is 18.3 Å². The van der Waals surface area contributed by atoms with Crippen molar-refractivity contribution < 1.29 is 14.2 Å². The standard InChI is InChI=1S/C17H25N3O3/c1-21-17-3-2-15(13-18-20-6-10-23-11-7-20)12-16(17)14-19-4-8-22-9-5-19/h2-3,12-13H,4-11,14H2,1H3. The largest absolute Gasteiger partial charge is 0.496 e. The number of nitrogens with zero attached hydrogens (tertiary/aromatic N) is 3. The van der Waals surface area contributed by atoms with Crippen LogP contribution >= 0.6 is 0 Å². The van der Waals surface area contributed by atoms with Crippen molar-refractivity contribution in [3.8, 4) is 5.75 Å². The molecule has 0 radical (unpaired) electrons. The highest BCUT2D eigenvalue weighted by Gasteiger charge is 2.14. The maximum atomic E-state index is 5.51. The van der Waals surface area contributed by atoms with Crippen molar-refractivity contribution in [1.82, 2.24) is 9.91 Å². The van der Waals surface area contributed by atoms with Crippen LogP contribution in [0.1, 0.15) is 11.1 Å². The van der Waals surface area contributed by atoms with E-state index >= 15 is 0 Å². The number of methoxy groups -OCH3 is 1. The highest BCUT2D eigenvalue weighted by Crippen LogP contribution is 2.21. The third-order valence-corrected chi connectivity index (χ3v) is 4.16. The van der Waals surface area contributed by atoms with E-state index in [1.165, 1.54) is 5.56 Å². The molecule has 0 bridgehead atoms. The van der Waals surface area contributed by atoms with Gasteiger partial charge in [0, 0.05) is 25.2 Å². The maximum Gasteiger partial charge on any atom is 0.123 e. The van der Waals surface area contributed by atoms with E-state index < -0.39 is 0 Å². The van der Waals surface area contributed by atoms with Gasteiger partial charge in [0.1, 0.15) is 5.75 Å². The van der Waals surface area contributed by atoms with E-state index in [1.54, 1.807) is 7.11 Å². The first-order chi connectivity index (χ1) is 11.3. The van der Waals surface area contributed by atoms with Gasteiger partial charge >= 0.3 is 0 Å². The van der Waals surface area contributed by atoms with Crippen LogP contribution in [0.2, 0.25) is 0 Å². The second-order valence-corrected chi connectivity index (χ2v) is 5.77. The summed E-state index contributed by atoms with van der Waals surface area (Å²) in [4.78, 5) is 2.39. The van der Waals surface area contributed by atoms with Gasteiger partial charge in [0.25, 0.3) is 0 Å². The SMILES string of the molecule is COc1ccc(C=NN2CCOCC2)cc1CN1CCOCC1. The molecule has 2 saturated heterocycles. The number of rotatable bonds is 5. The number of hydrogen-bond donors (Lipinski definition) is 0. The normalized spacial score (nSPS) is 20.1. The van der Waals surface area contributed by atoms with Crippen LogP contribution in [0.15, 0.2) is 23.3 Å². The average Bonchev–Trinajstić information content (AvgIpc) is 2.62. The number of hydrogen-bond acceptors (Lipinski definition) is 6. The average molecular weight is 319 g/mol. The van der Waals surface area contributed by atoms with Gasteiger partial charge < -0.3 is 14.2 Å². The number of ether oxygens (including phenoxy) is 3. The predicted molar refractivity (Wildman–Crippen MR) is 89.1 cm³/mol. The molecule has 3 rings (SSSR count). The Labute approximate surface area is 137 Å². The van der Waals surface area contributed by atoms with Crippen LogP contribution in [-0.2, 0) is 16.0 Å². The van der Waals surface area contributed by atoms with Crippen LogP contribution in [0.3, 0.4) is 0 Å². The number of morpholine rings is 2. The molecular formula is C17H25N3O3. The molecule has 2 aliphatic rings. The summed E-state index contributed by atoms with van der Waals surface area (Å²) in [7, 11) is 1.72. The Hall–Kier alpha value is -1.63. The molecule has 2 heterocycles. The summed E-state index contributed by atoms with van der Waals surface area (Å²) in [6, 6.07) is 6.24. The van der Waals surface area contributed by atoms with E-state index in [9.17, 15) is 0 Å². The highest BCUT2D eigenvalue weighted by molar-refractivity contribution is 5.80. The smallest absolute Gasteiger partial charge is 0.123 e. The molecule has 2 aliphatic heterocycles. The zero-order valence-corrected chi connectivity index (χ0v) is 13.7. The molecule has 0 aromatic heterocycles. The van der Waals surface area contributed by atoms with E-state index in [2.05, 4.69) is 21.1 Å². The molecule has 0 aliphatic carbocycles. The molecule has 1 aromatic carbocycles. The molecule has 0 amide bonds. The third kappa shape index (κ3) is 4.67. The Morgan fingerprint density at radius 2 is 1.78 bits per heavy atom. The van der Waals surface area contributed by atoms with Crippen molar-refractivity contribution in [2.75, 3.05) is 59.7 Å². The Morgan fingerprint density at radius 1 is 1.09 bits per heavy atom. The lowest BCUT2D eigenvalue weighted by Gasteiger charge is -2.27. The van der Waals surface area contributed by atoms with Gasteiger partial charge in [-0.05, 0) is 23.8 Å². The van der Waals surface area contributed by atoms with Gasteiger partial charge in [-0.2, -0.15) is 5.10 Å². The molecule has 126 valence electrons. The predicted octanol–water partition coefficient (Wildman–Crippen LogP) is 1.19. The first-order valence-electron chi connectivity index (χ1n) is 8.19. The minimum atomic E-state index is 0.752. The Bertz CT molecular complexity index is 524. The van der Waals surface area contributed by atoms with Crippen LogP contribution in [0.25, 0.3) is 0 Å². The van der Waals surface area contributed by atoms with Crippen LogP contribution in [0.5, 0.6) is 5.75 Å². The van der Waals surface area contributed by atoms with Crippen molar-refractivity contribution in [3.63, 3.8) is 0 Å². The first kappa shape index (κ1) is 16.2. The minimum Gasteiger partial charge on any atom is -0.496 e. The van der Waals surface area contributed by atoms with Crippen molar-refractivity contribution >= 4 is 6.21 Å². The van der Waals surface area contributed by atoms with Crippen molar-refractivity contribution in [1.29, 1.82) is 0 Å². The molecule has 1 aromatic rings. The summed E-state index contributed by atoms with van der Waals surface area (Å²) in [5.41, 5.74) is 2.29. The Kier molecular flexibility index (Phi) is 5.85. The second-order valence-electron chi connectivity index (χ2n) is 5.77. The van der Waals surface area contributed by atoms with Crippen molar-refractivity contribution in [3.05, 3.63) is 29.3 Å². The fourth-order valence-electron chi connectivity index (χ4n) is 2.82. The lowest BCUT2D eigenvalue weighted by Crippen LogP contribution is -2.35. The third-order valence-electron chi connectivity index (χ3n) is 4.16. The summed E-state index contributed by atoms with van der Waals surface area (Å²) >= 11 is 0. The molecule has 0 unspecified atom stereocenters. The summed E-state index contributed by atoms with van der Waals surface area (Å²) in [6.45, 7) is 7.64. The van der Waals surface area contributed by atoms with Gasteiger partial charge in [-0.3, -0.25) is 9.91 Å². The number of benzene rings is 1. The molecule has 0 saturated carbocycles. The summed E-state index contributed by atoms with van der Waals surface area (Å²) in [5.74, 6) is 0.931. The zero-order chi connectivity index (χ0) is 15.9. The molecule has 23 heavy (non-hydrogen) atoms. The van der Waals surface area contributed by atoms with Gasteiger partial charge in [-0.15, -0.1) is 0 Å². The summed E-state index contributed by atoms with van der Waals surface area (Å²) in [5, 5.41) is 6.60. The molecule has 2 fully saturated rings. The Balaban J connectivity index is 1.68. The summed E-state index contributed by atoms with van der Waals surface area (Å²) in [6.07, 6.45) is 1.92. The molecule has 6 heteroatoms. The highest BCUT2D eigenvalue weighted by atomic mass is 16.5. The molecule has 0 spiro atoms. The molecule has 0 N–H and O–H groups in total. The van der Waals surface area contributed by atoms with E-state index in [-0.39, 0.29) is 0 Å². The zero-order valence-electron chi connectivity index (χ0n) is 13.7. The summed E-state index contributed by atoms with van der Waals surface area (Å²) < 4.78 is 16.3. The van der Waals surface area contributed by atoms with Crippen LogP contribution in [0, 0.1) is 0 Å². The monoisotopic (exact) mass is 319 g/mol. The van der Waals surface area contributed by atoms with Crippen molar-refractivity contribution in [2.24, 2.45) is 5.10 Å². The molecule has 6 nitrogen and oxygen atoms in total. The van der Waals surface area contributed by atoms with Crippen LogP contribution < -0.4 is 4.74 Å². The van der Waals surface area contributed by atoms with E-state index in [4.69, 9.17) is 14.2 Å². The van der Waals surface area contributed by atoms with Gasteiger partial charge in [-0.25, -0.2) is 0 Å². The van der Waals surface area contributed by atoms with Gasteiger partial charge in [0.2, 0.25) is 0 Å². The van der Waals surface area contributed by atoms with Gasteiger partial charge in [0.05, 0.1) is 52.8 Å². The van der Waals surface area contributed by atoms with E-state index in [0.29, 0.717) is 0 Å². The fourth-order valence-corrected chi connectivity index (χ4v) is 2.82. The number of hydrazone groups is 1. The van der Waals surface area contributed by atoms with Crippen LogP contribution in [0.4, 0.5) is 0 Å². The van der Waals surface area contributed by atoms with Gasteiger partial charge in [0.15, 0.2) is 0 Å². The maximum absolute atomic E-state index is 5.51. The molecule has 0 atom stereocenters.